The van der Waals surface area contributed by atoms with E-state index < -0.39 is 6.10 Å². The minimum Gasteiger partial charge on any atom is -0.481 e. The van der Waals surface area contributed by atoms with E-state index in [0.29, 0.717) is 24.4 Å². The van der Waals surface area contributed by atoms with Crippen LogP contribution >= 0.6 is 0 Å². The first-order valence-electron chi connectivity index (χ1n) is 9.05. The lowest BCUT2D eigenvalue weighted by molar-refractivity contribution is -0.138. The van der Waals surface area contributed by atoms with Crippen molar-refractivity contribution in [2.24, 2.45) is 0 Å². The molecule has 0 aliphatic rings. The fraction of sp³-hybridized carbons (Fsp3) is 0.364. The zero-order valence-electron chi connectivity index (χ0n) is 16.5. The van der Waals surface area contributed by atoms with Gasteiger partial charge in [0.15, 0.2) is 6.10 Å². The Kier molecular flexibility index (Phi) is 7.39. The van der Waals surface area contributed by atoms with E-state index >= 15 is 0 Å². The van der Waals surface area contributed by atoms with Gasteiger partial charge in [0.1, 0.15) is 5.75 Å². The number of nitrogens with zero attached hydrogens (tertiary/aromatic N) is 3. The van der Waals surface area contributed by atoms with Crippen LogP contribution in [0.5, 0.6) is 5.75 Å². The minimum atomic E-state index is -0.576. The highest BCUT2D eigenvalue weighted by atomic mass is 16.5. The highest BCUT2D eigenvalue weighted by Crippen LogP contribution is 2.15. The van der Waals surface area contributed by atoms with Gasteiger partial charge in [-0.05, 0) is 57.8 Å². The van der Waals surface area contributed by atoms with Crippen molar-refractivity contribution in [3.8, 4) is 11.8 Å². The summed E-state index contributed by atoms with van der Waals surface area (Å²) in [5.41, 5.74) is 2.75. The molecule has 1 atom stereocenters. The highest BCUT2D eigenvalue weighted by molar-refractivity contribution is 5.81. The Balaban J connectivity index is 2.09. The van der Waals surface area contributed by atoms with E-state index in [2.05, 4.69) is 6.07 Å². The van der Waals surface area contributed by atoms with Crippen molar-refractivity contribution >= 4 is 5.91 Å². The predicted molar refractivity (Wildman–Crippen MR) is 106 cm³/mol. The Hall–Kier alpha value is -2.84. The molecule has 1 unspecified atom stereocenters. The topological polar surface area (TPSA) is 56.6 Å². The molecule has 0 radical (unpaired) electrons. The normalized spacial score (nSPS) is 11.7. The first kappa shape index (κ1) is 20.5. The summed E-state index contributed by atoms with van der Waals surface area (Å²) in [5.74, 6) is 0.633. The summed E-state index contributed by atoms with van der Waals surface area (Å²) >= 11 is 0. The Morgan fingerprint density at radius 2 is 1.70 bits per heavy atom. The largest absolute Gasteiger partial charge is 0.481 e. The number of carbonyl (C=O) groups is 1. The molecule has 2 rings (SSSR count). The molecule has 0 aliphatic carbocycles. The quantitative estimate of drug-likeness (QED) is 0.721. The average Bonchev–Trinajstić information content (AvgIpc) is 2.66. The fourth-order valence-electron chi connectivity index (χ4n) is 2.62. The molecule has 1 amide bonds. The third-order valence-electron chi connectivity index (χ3n) is 4.27. The maximum atomic E-state index is 13.0. The van der Waals surface area contributed by atoms with Gasteiger partial charge in [0.2, 0.25) is 0 Å². The summed E-state index contributed by atoms with van der Waals surface area (Å²) in [4.78, 5) is 16.8. The van der Waals surface area contributed by atoms with Crippen molar-refractivity contribution < 1.29 is 9.53 Å². The number of benzene rings is 2. The third-order valence-corrected chi connectivity index (χ3v) is 4.27. The third kappa shape index (κ3) is 6.43. The molecule has 0 N–H and O–H groups in total. The van der Waals surface area contributed by atoms with Crippen LogP contribution in [0.4, 0.5) is 0 Å². The lowest BCUT2D eigenvalue weighted by atomic mass is 10.1. The van der Waals surface area contributed by atoms with Crippen LogP contribution in [0.15, 0.2) is 48.5 Å². The Labute approximate surface area is 161 Å². The van der Waals surface area contributed by atoms with Crippen LogP contribution in [0.2, 0.25) is 0 Å². The molecule has 2 aromatic rings. The lowest BCUT2D eigenvalue weighted by Gasteiger charge is -2.27. The second-order valence-electron chi connectivity index (χ2n) is 6.94. The van der Waals surface area contributed by atoms with Gasteiger partial charge in [0.05, 0.1) is 11.6 Å². The van der Waals surface area contributed by atoms with Gasteiger partial charge >= 0.3 is 0 Å². The molecule has 0 saturated carbocycles. The summed E-state index contributed by atoms with van der Waals surface area (Å²) in [5, 5.41) is 8.94. The number of hydrogen-bond donors (Lipinski definition) is 0. The minimum absolute atomic E-state index is 0.0539. The van der Waals surface area contributed by atoms with E-state index in [4.69, 9.17) is 10.00 Å². The Bertz CT molecular complexity index is 777. The summed E-state index contributed by atoms with van der Waals surface area (Å²) < 4.78 is 5.85. The Morgan fingerprint density at radius 1 is 1.07 bits per heavy atom. The smallest absolute Gasteiger partial charge is 0.263 e. The van der Waals surface area contributed by atoms with Crippen molar-refractivity contribution in [3.63, 3.8) is 0 Å². The van der Waals surface area contributed by atoms with Gasteiger partial charge in [-0.2, -0.15) is 5.26 Å². The molecule has 0 bridgehead atoms. The number of nitriles is 1. The molecule has 142 valence electrons. The van der Waals surface area contributed by atoms with Crippen LogP contribution in [0, 0.1) is 18.3 Å². The number of ether oxygens (including phenoxy) is 1. The van der Waals surface area contributed by atoms with E-state index in [-0.39, 0.29) is 5.91 Å². The molecule has 27 heavy (non-hydrogen) atoms. The van der Waals surface area contributed by atoms with Gasteiger partial charge in [-0.1, -0.05) is 29.8 Å². The highest BCUT2D eigenvalue weighted by Gasteiger charge is 2.22. The molecule has 0 aromatic heterocycles. The van der Waals surface area contributed by atoms with Crippen LogP contribution in [-0.4, -0.2) is 49.0 Å². The molecule has 5 nitrogen and oxygen atoms in total. The van der Waals surface area contributed by atoms with Gasteiger partial charge in [-0.3, -0.25) is 4.79 Å². The average molecular weight is 365 g/mol. The monoisotopic (exact) mass is 365 g/mol. The zero-order valence-corrected chi connectivity index (χ0v) is 16.5. The van der Waals surface area contributed by atoms with E-state index in [1.807, 2.05) is 62.3 Å². The van der Waals surface area contributed by atoms with E-state index in [9.17, 15) is 4.79 Å². The van der Waals surface area contributed by atoms with Crippen LogP contribution in [0.25, 0.3) is 0 Å². The van der Waals surface area contributed by atoms with Crippen molar-refractivity contribution in [1.29, 1.82) is 5.26 Å². The SMILES string of the molecule is Cc1ccc(OC(C)C(=O)N(CCN(C)C)Cc2ccc(C#N)cc2)cc1. The number of rotatable bonds is 8. The van der Waals surface area contributed by atoms with Crippen molar-refractivity contribution in [2.45, 2.75) is 26.5 Å². The van der Waals surface area contributed by atoms with E-state index in [0.717, 1.165) is 17.7 Å². The molecule has 0 heterocycles. The molecular formula is C22H27N3O2. The summed E-state index contributed by atoms with van der Waals surface area (Å²) in [6, 6.07) is 17.1. The predicted octanol–water partition coefficient (Wildman–Crippen LogP) is 3.22. The maximum Gasteiger partial charge on any atom is 0.263 e. The fourth-order valence-corrected chi connectivity index (χ4v) is 2.62. The summed E-state index contributed by atoms with van der Waals surface area (Å²) in [6.07, 6.45) is -0.576. The molecule has 0 fully saturated rings. The van der Waals surface area contributed by atoms with E-state index in [1.54, 1.807) is 24.0 Å². The first-order valence-corrected chi connectivity index (χ1v) is 9.05. The zero-order chi connectivity index (χ0) is 19.8. The van der Waals surface area contributed by atoms with Crippen molar-refractivity contribution in [3.05, 3.63) is 65.2 Å². The van der Waals surface area contributed by atoms with E-state index in [1.165, 1.54) is 0 Å². The van der Waals surface area contributed by atoms with Gasteiger partial charge in [0, 0.05) is 19.6 Å². The van der Waals surface area contributed by atoms with Gasteiger partial charge in [-0.25, -0.2) is 0 Å². The van der Waals surface area contributed by atoms with Crippen LogP contribution < -0.4 is 4.74 Å². The van der Waals surface area contributed by atoms with Gasteiger partial charge in [-0.15, -0.1) is 0 Å². The van der Waals surface area contributed by atoms with Gasteiger partial charge in [0.25, 0.3) is 5.91 Å². The van der Waals surface area contributed by atoms with Crippen molar-refractivity contribution in [2.75, 3.05) is 27.2 Å². The molecule has 5 heteroatoms. The number of likely N-dealkylation sites (N-methyl/N-ethyl adjacent to an activating group) is 1. The van der Waals surface area contributed by atoms with Crippen molar-refractivity contribution in [1.82, 2.24) is 9.80 Å². The standard InChI is InChI=1S/C22H27N3O2/c1-17-5-11-21(12-6-17)27-18(2)22(26)25(14-13-24(3)4)16-20-9-7-19(15-23)8-10-20/h5-12,18H,13-14,16H2,1-4H3. The summed E-state index contributed by atoms with van der Waals surface area (Å²) in [7, 11) is 3.97. The van der Waals surface area contributed by atoms with Crippen LogP contribution in [0.3, 0.4) is 0 Å². The Morgan fingerprint density at radius 3 is 2.26 bits per heavy atom. The molecule has 0 aliphatic heterocycles. The molecule has 0 spiro atoms. The van der Waals surface area contributed by atoms with Crippen LogP contribution in [0.1, 0.15) is 23.6 Å². The number of hydrogen-bond acceptors (Lipinski definition) is 4. The molecule has 2 aromatic carbocycles. The first-order chi connectivity index (χ1) is 12.9. The number of amides is 1. The van der Waals surface area contributed by atoms with Crippen LogP contribution in [-0.2, 0) is 11.3 Å². The maximum absolute atomic E-state index is 13.0. The second-order valence-corrected chi connectivity index (χ2v) is 6.94. The summed E-state index contributed by atoms with van der Waals surface area (Å²) in [6.45, 7) is 5.65. The lowest BCUT2D eigenvalue weighted by Crippen LogP contribution is -2.43. The van der Waals surface area contributed by atoms with Gasteiger partial charge < -0.3 is 14.5 Å². The second kappa shape index (κ2) is 9.75. The molecular weight excluding hydrogens is 338 g/mol. The number of carbonyl (C=O) groups excluding carboxylic acids is 1. The molecule has 0 saturated heterocycles. The number of aryl methyl sites for hydroxylation is 1.